The first-order chi connectivity index (χ1) is 16.6. The van der Waals surface area contributed by atoms with E-state index in [1.54, 1.807) is 12.1 Å². The molecule has 0 aliphatic carbocycles. The van der Waals surface area contributed by atoms with Gasteiger partial charge in [-0.1, -0.05) is 36.4 Å². The fourth-order valence-electron chi connectivity index (χ4n) is 4.23. The second-order valence-corrected chi connectivity index (χ2v) is 8.32. The summed E-state index contributed by atoms with van der Waals surface area (Å²) in [5.41, 5.74) is 1.71. The molecule has 2 aliphatic heterocycles. The third kappa shape index (κ3) is 4.43. The molecule has 1 saturated heterocycles. The van der Waals surface area contributed by atoms with Crippen LogP contribution in [0.15, 0.2) is 72.8 Å². The Morgan fingerprint density at radius 3 is 2.53 bits per heavy atom. The van der Waals surface area contributed by atoms with Crippen LogP contribution in [0.5, 0.6) is 11.5 Å². The number of carbonyl (C=O) groups excluding carboxylic acids is 3. The van der Waals surface area contributed by atoms with Crippen molar-refractivity contribution < 1.29 is 23.9 Å². The van der Waals surface area contributed by atoms with Crippen molar-refractivity contribution in [2.75, 3.05) is 13.2 Å². The van der Waals surface area contributed by atoms with Crippen LogP contribution in [0, 0.1) is 0 Å². The van der Waals surface area contributed by atoms with Crippen LogP contribution >= 0.6 is 0 Å². The lowest BCUT2D eigenvalue weighted by molar-refractivity contribution is 0.0475. The van der Waals surface area contributed by atoms with E-state index in [9.17, 15) is 14.4 Å². The van der Waals surface area contributed by atoms with Crippen molar-refractivity contribution in [3.8, 4) is 11.5 Å². The number of fused-ring (bicyclic) bond motifs is 1. The van der Waals surface area contributed by atoms with Crippen LogP contribution in [-0.2, 0) is 11.3 Å². The Morgan fingerprint density at radius 2 is 1.74 bits per heavy atom. The third-order valence-corrected chi connectivity index (χ3v) is 6.03. The summed E-state index contributed by atoms with van der Waals surface area (Å²) in [6.45, 7) is 1.14. The Balaban J connectivity index is 1.27. The van der Waals surface area contributed by atoms with Gasteiger partial charge in [-0.3, -0.25) is 19.3 Å². The molecule has 172 valence electrons. The van der Waals surface area contributed by atoms with Gasteiger partial charge in [-0.25, -0.2) is 0 Å². The molecule has 0 saturated carbocycles. The molecule has 1 unspecified atom stereocenters. The summed E-state index contributed by atoms with van der Waals surface area (Å²) in [6.07, 6.45) is 1.64. The molecular weight excluding hydrogens is 432 g/mol. The summed E-state index contributed by atoms with van der Waals surface area (Å²) in [5, 5.41) is 2.88. The highest BCUT2D eigenvalue weighted by molar-refractivity contribution is 6.22. The second kappa shape index (κ2) is 9.49. The Bertz CT molecular complexity index is 1230. The number of para-hydroxylation sites is 2. The van der Waals surface area contributed by atoms with Gasteiger partial charge in [0.2, 0.25) is 0 Å². The van der Waals surface area contributed by atoms with Gasteiger partial charge in [0.1, 0.15) is 11.5 Å². The Labute approximate surface area is 197 Å². The molecule has 1 fully saturated rings. The van der Waals surface area contributed by atoms with E-state index in [1.165, 1.54) is 11.0 Å². The summed E-state index contributed by atoms with van der Waals surface area (Å²) in [7, 11) is 0. The largest absolute Gasteiger partial charge is 0.457 e. The lowest BCUT2D eigenvalue weighted by Crippen LogP contribution is -2.36. The highest BCUT2D eigenvalue weighted by Crippen LogP contribution is 2.27. The van der Waals surface area contributed by atoms with Crippen molar-refractivity contribution in [3.63, 3.8) is 0 Å². The molecule has 34 heavy (non-hydrogen) atoms. The quantitative estimate of drug-likeness (QED) is 0.539. The molecular formula is C27H24N2O5. The Kier molecular flexibility index (Phi) is 6.10. The van der Waals surface area contributed by atoms with Crippen molar-refractivity contribution in [1.29, 1.82) is 0 Å². The molecule has 3 aromatic rings. The van der Waals surface area contributed by atoms with E-state index in [2.05, 4.69) is 5.32 Å². The molecule has 7 nitrogen and oxygen atoms in total. The first-order valence-corrected chi connectivity index (χ1v) is 11.3. The number of ether oxygens (including phenoxy) is 2. The lowest BCUT2D eigenvalue weighted by Gasteiger charge is -2.17. The molecule has 0 bridgehead atoms. The molecule has 7 heteroatoms. The fourth-order valence-corrected chi connectivity index (χ4v) is 4.23. The van der Waals surface area contributed by atoms with Crippen LogP contribution < -0.4 is 10.1 Å². The maximum atomic E-state index is 12.9. The fraction of sp³-hybridized carbons (Fsp3) is 0.222. The number of hydrogen-bond donors (Lipinski definition) is 1. The molecule has 2 aliphatic rings. The molecule has 0 spiro atoms. The average molecular weight is 456 g/mol. The average Bonchev–Trinajstić information content (AvgIpc) is 3.47. The molecule has 3 amide bonds. The predicted octanol–water partition coefficient (Wildman–Crippen LogP) is 4.18. The van der Waals surface area contributed by atoms with Gasteiger partial charge in [0.25, 0.3) is 17.7 Å². The van der Waals surface area contributed by atoms with E-state index < -0.39 is 0 Å². The van der Waals surface area contributed by atoms with Gasteiger partial charge < -0.3 is 14.8 Å². The van der Waals surface area contributed by atoms with E-state index in [-0.39, 0.29) is 42.5 Å². The van der Waals surface area contributed by atoms with Crippen molar-refractivity contribution >= 4 is 17.7 Å². The number of hydrogen-bond acceptors (Lipinski definition) is 5. The predicted molar refractivity (Wildman–Crippen MR) is 125 cm³/mol. The van der Waals surface area contributed by atoms with Crippen molar-refractivity contribution in [2.24, 2.45) is 0 Å². The summed E-state index contributed by atoms with van der Waals surface area (Å²) in [6, 6.07) is 21.5. The Hall–Kier alpha value is -3.97. The van der Waals surface area contributed by atoms with Gasteiger partial charge >= 0.3 is 0 Å². The van der Waals surface area contributed by atoms with Crippen molar-refractivity contribution in [2.45, 2.75) is 25.5 Å². The Morgan fingerprint density at radius 1 is 0.971 bits per heavy atom. The van der Waals surface area contributed by atoms with E-state index >= 15 is 0 Å². The van der Waals surface area contributed by atoms with Crippen molar-refractivity contribution in [1.82, 2.24) is 10.2 Å². The number of carbonyl (C=O) groups is 3. The zero-order valence-corrected chi connectivity index (χ0v) is 18.5. The minimum absolute atomic E-state index is 0.122. The summed E-state index contributed by atoms with van der Waals surface area (Å²) in [4.78, 5) is 39.7. The van der Waals surface area contributed by atoms with Crippen LogP contribution in [0.4, 0.5) is 0 Å². The highest BCUT2D eigenvalue weighted by Gasteiger charge is 2.37. The SMILES string of the molecule is O=C(NCc1ccccc1Oc1ccccc1)c1ccc2c(c1)C(=O)N(CC1CCCO1)C2=O. The second-order valence-electron chi connectivity index (χ2n) is 8.32. The first kappa shape index (κ1) is 21.9. The molecule has 5 rings (SSSR count). The molecule has 2 heterocycles. The number of rotatable bonds is 7. The first-order valence-electron chi connectivity index (χ1n) is 11.3. The van der Waals surface area contributed by atoms with Crippen LogP contribution in [0.2, 0.25) is 0 Å². The van der Waals surface area contributed by atoms with Gasteiger partial charge in [-0.2, -0.15) is 0 Å². The standard InChI is InChI=1S/C27H24N2O5/c30-25(28-16-19-7-4-5-11-24(19)34-20-8-2-1-3-9-20)18-12-13-22-23(15-18)27(32)29(26(22)31)17-21-10-6-14-33-21/h1-5,7-9,11-13,15,21H,6,10,14,16-17H2,(H,28,30). The summed E-state index contributed by atoms with van der Waals surface area (Å²) >= 11 is 0. The number of amides is 3. The van der Waals surface area contributed by atoms with Gasteiger partial charge in [0.05, 0.1) is 23.8 Å². The molecule has 0 aromatic heterocycles. The summed E-state index contributed by atoms with van der Waals surface area (Å²) < 4.78 is 11.5. The molecule has 1 atom stereocenters. The van der Waals surface area contributed by atoms with Crippen LogP contribution in [0.1, 0.15) is 49.5 Å². The molecule has 1 N–H and O–H groups in total. The number of nitrogens with zero attached hydrogens (tertiary/aromatic N) is 1. The van der Waals surface area contributed by atoms with Crippen LogP contribution in [0.3, 0.4) is 0 Å². The van der Waals surface area contributed by atoms with E-state index in [0.29, 0.717) is 29.2 Å². The minimum Gasteiger partial charge on any atom is -0.457 e. The van der Waals surface area contributed by atoms with E-state index in [4.69, 9.17) is 9.47 Å². The smallest absolute Gasteiger partial charge is 0.261 e. The highest BCUT2D eigenvalue weighted by atomic mass is 16.5. The molecule has 3 aromatic carbocycles. The molecule has 0 radical (unpaired) electrons. The van der Waals surface area contributed by atoms with E-state index in [1.807, 2.05) is 54.6 Å². The number of imide groups is 1. The maximum Gasteiger partial charge on any atom is 0.261 e. The number of benzene rings is 3. The van der Waals surface area contributed by atoms with Crippen molar-refractivity contribution in [3.05, 3.63) is 95.1 Å². The van der Waals surface area contributed by atoms with Crippen LogP contribution in [0.25, 0.3) is 0 Å². The third-order valence-electron chi connectivity index (χ3n) is 6.03. The summed E-state index contributed by atoms with van der Waals surface area (Å²) in [5.74, 6) is 0.292. The lowest BCUT2D eigenvalue weighted by atomic mass is 10.1. The monoisotopic (exact) mass is 456 g/mol. The van der Waals surface area contributed by atoms with Gasteiger partial charge in [-0.15, -0.1) is 0 Å². The van der Waals surface area contributed by atoms with E-state index in [0.717, 1.165) is 18.4 Å². The topological polar surface area (TPSA) is 84.9 Å². The van der Waals surface area contributed by atoms with Gasteiger partial charge in [0, 0.05) is 24.3 Å². The zero-order chi connectivity index (χ0) is 23.5. The van der Waals surface area contributed by atoms with Crippen LogP contribution in [-0.4, -0.2) is 41.9 Å². The number of nitrogens with one attached hydrogen (secondary N) is 1. The zero-order valence-electron chi connectivity index (χ0n) is 18.5. The van der Waals surface area contributed by atoms with Gasteiger partial charge in [-0.05, 0) is 49.2 Å². The normalized spacial score (nSPS) is 17.1. The van der Waals surface area contributed by atoms with Gasteiger partial charge in [0.15, 0.2) is 0 Å². The minimum atomic E-state index is -0.383. The maximum absolute atomic E-state index is 12.9.